The summed E-state index contributed by atoms with van der Waals surface area (Å²) < 4.78 is 10.6. The first-order valence-corrected chi connectivity index (χ1v) is 5.85. The van der Waals surface area contributed by atoms with Gasteiger partial charge in [-0.3, -0.25) is 0 Å². The lowest BCUT2D eigenvalue weighted by molar-refractivity contribution is 0.285. The third kappa shape index (κ3) is 3.06. The molecule has 0 aliphatic rings. The molecule has 0 atom stereocenters. The van der Waals surface area contributed by atoms with E-state index in [1.54, 1.807) is 0 Å². The van der Waals surface area contributed by atoms with Crippen LogP contribution in [0.15, 0.2) is 28.8 Å². The van der Waals surface area contributed by atoms with Crippen LogP contribution in [0.2, 0.25) is 0 Å². The predicted octanol–water partition coefficient (Wildman–Crippen LogP) is 2.77. The summed E-state index contributed by atoms with van der Waals surface area (Å²) in [6.45, 7) is 4.44. The molecule has 0 unspecified atom stereocenters. The Bertz CT molecular complexity index is 463. The minimum atomic E-state index is 0.342. The van der Waals surface area contributed by atoms with Gasteiger partial charge in [0.15, 0.2) is 6.61 Å². The summed E-state index contributed by atoms with van der Waals surface area (Å²) in [7, 11) is 0. The molecule has 90 valence electrons. The summed E-state index contributed by atoms with van der Waals surface area (Å²) in [5.74, 6) is 2.05. The Morgan fingerprint density at radius 2 is 1.88 bits per heavy atom. The Kier molecular flexibility index (Phi) is 3.75. The maximum Gasteiger partial charge on any atom is 0.226 e. The van der Waals surface area contributed by atoms with Crippen molar-refractivity contribution < 1.29 is 9.26 Å². The van der Waals surface area contributed by atoms with Gasteiger partial charge in [-0.2, -0.15) is 4.98 Å². The van der Waals surface area contributed by atoms with Crippen molar-refractivity contribution in [3.63, 3.8) is 0 Å². The summed E-state index contributed by atoms with van der Waals surface area (Å²) in [6.07, 6.45) is 1.78. The van der Waals surface area contributed by atoms with Crippen LogP contribution in [0.5, 0.6) is 5.75 Å². The van der Waals surface area contributed by atoms with E-state index in [1.807, 2.05) is 19.1 Å². The van der Waals surface area contributed by atoms with Gasteiger partial charge >= 0.3 is 0 Å². The van der Waals surface area contributed by atoms with Gasteiger partial charge in [0, 0.05) is 6.42 Å². The molecule has 0 saturated carbocycles. The first-order chi connectivity index (χ1) is 8.31. The zero-order chi connectivity index (χ0) is 12.1. The van der Waals surface area contributed by atoms with Gasteiger partial charge in [-0.1, -0.05) is 31.1 Å². The standard InChI is InChI=1S/C13H16N2O2/c1-3-10-5-7-11(8-6-10)16-9-12-14-13(4-2)17-15-12/h5-8H,3-4,9H2,1-2H3. The van der Waals surface area contributed by atoms with Gasteiger partial charge in [0.1, 0.15) is 5.75 Å². The largest absolute Gasteiger partial charge is 0.485 e. The van der Waals surface area contributed by atoms with E-state index in [9.17, 15) is 0 Å². The normalized spacial score (nSPS) is 10.5. The van der Waals surface area contributed by atoms with E-state index in [0.717, 1.165) is 18.6 Å². The molecule has 0 aliphatic heterocycles. The molecule has 1 aromatic heterocycles. The van der Waals surface area contributed by atoms with Crippen molar-refractivity contribution >= 4 is 0 Å². The Hall–Kier alpha value is -1.84. The fraction of sp³-hybridized carbons (Fsp3) is 0.385. The highest BCUT2D eigenvalue weighted by Crippen LogP contribution is 2.13. The Balaban J connectivity index is 1.92. The zero-order valence-electron chi connectivity index (χ0n) is 10.1. The molecule has 0 radical (unpaired) electrons. The second-order valence-electron chi connectivity index (χ2n) is 3.74. The summed E-state index contributed by atoms with van der Waals surface area (Å²) in [6, 6.07) is 8.03. The lowest BCUT2D eigenvalue weighted by Crippen LogP contribution is -1.97. The van der Waals surface area contributed by atoms with Crippen LogP contribution in [0, 0.1) is 0 Å². The van der Waals surface area contributed by atoms with Gasteiger partial charge in [0.25, 0.3) is 0 Å². The second kappa shape index (κ2) is 5.48. The number of hydrogen-bond donors (Lipinski definition) is 0. The molecule has 0 amide bonds. The Morgan fingerprint density at radius 1 is 1.12 bits per heavy atom. The van der Waals surface area contributed by atoms with Gasteiger partial charge in [-0.05, 0) is 24.1 Å². The van der Waals surface area contributed by atoms with Crippen molar-refractivity contribution in [2.45, 2.75) is 33.3 Å². The number of aromatic nitrogens is 2. The molecule has 4 nitrogen and oxygen atoms in total. The van der Waals surface area contributed by atoms with Crippen LogP contribution in [0.3, 0.4) is 0 Å². The van der Waals surface area contributed by atoms with Gasteiger partial charge in [-0.25, -0.2) is 0 Å². The van der Waals surface area contributed by atoms with E-state index in [1.165, 1.54) is 5.56 Å². The quantitative estimate of drug-likeness (QED) is 0.795. The highest BCUT2D eigenvalue weighted by Gasteiger charge is 2.04. The minimum Gasteiger partial charge on any atom is -0.485 e. The maximum atomic E-state index is 5.56. The first-order valence-electron chi connectivity index (χ1n) is 5.85. The van der Waals surface area contributed by atoms with Crippen molar-refractivity contribution in [3.8, 4) is 5.75 Å². The Labute approximate surface area is 101 Å². The average Bonchev–Trinajstić information content (AvgIpc) is 2.85. The molecule has 0 spiro atoms. The van der Waals surface area contributed by atoms with E-state index in [0.29, 0.717) is 18.3 Å². The van der Waals surface area contributed by atoms with Crippen molar-refractivity contribution in [2.75, 3.05) is 0 Å². The molecule has 1 aromatic carbocycles. The highest BCUT2D eigenvalue weighted by atomic mass is 16.5. The van der Waals surface area contributed by atoms with Crippen molar-refractivity contribution in [1.29, 1.82) is 0 Å². The van der Waals surface area contributed by atoms with Gasteiger partial charge < -0.3 is 9.26 Å². The fourth-order valence-corrected chi connectivity index (χ4v) is 1.46. The van der Waals surface area contributed by atoms with Crippen molar-refractivity contribution in [2.24, 2.45) is 0 Å². The molecule has 4 heteroatoms. The highest BCUT2D eigenvalue weighted by molar-refractivity contribution is 5.27. The van der Waals surface area contributed by atoms with E-state index in [-0.39, 0.29) is 0 Å². The number of nitrogens with zero attached hydrogens (tertiary/aromatic N) is 2. The predicted molar refractivity (Wildman–Crippen MR) is 63.8 cm³/mol. The van der Waals surface area contributed by atoms with E-state index < -0.39 is 0 Å². The number of rotatable bonds is 5. The molecular formula is C13H16N2O2. The first kappa shape index (κ1) is 11.6. The van der Waals surface area contributed by atoms with E-state index in [2.05, 4.69) is 29.2 Å². The molecule has 1 heterocycles. The van der Waals surface area contributed by atoms with Crippen molar-refractivity contribution in [1.82, 2.24) is 10.1 Å². The molecule has 17 heavy (non-hydrogen) atoms. The van der Waals surface area contributed by atoms with Gasteiger partial charge in [-0.15, -0.1) is 0 Å². The molecule has 2 rings (SSSR count). The Morgan fingerprint density at radius 3 is 2.47 bits per heavy atom. The summed E-state index contributed by atoms with van der Waals surface area (Å²) >= 11 is 0. The molecule has 0 fully saturated rings. The van der Waals surface area contributed by atoms with Gasteiger partial charge in [0.05, 0.1) is 0 Å². The lowest BCUT2D eigenvalue weighted by Gasteiger charge is -2.03. The SMILES string of the molecule is CCc1ccc(OCc2noc(CC)n2)cc1. The third-order valence-electron chi connectivity index (χ3n) is 2.51. The average molecular weight is 232 g/mol. The zero-order valence-corrected chi connectivity index (χ0v) is 10.1. The van der Waals surface area contributed by atoms with Crippen LogP contribution in [0.1, 0.15) is 31.1 Å². The van der Waals surface area contributed by atoms with Crippen LogP contribution in [0.4, 0.5) is 0 Å². The van der Waals surface area contributed by atoms with E-state index in [4.69, 9.17) is 9.26 Å². The number of hydrogen-bond acceptors (Lipinski definition) is 4. The maximum absolute atomic E-state index is 5.56. The fourth-order valence-electron chi connectivity index (χ4n) is 1.46. The second-order valence-corrected chi connectivity index (χ2v) is 3.74. The van der Waals surface area contributed by atoms with Crippen LogP contribution >= 0.6 is 0 Å². The van der Waals surface area contributed by atoms with Crippen LogP contribution in [-0.4, -0.2) is 10.1 Å². The monoisotopic (exact) mass is 232 g/mol. The summed E-state index contributed by atoms with van der Waals surface area (Å²) in [5, 5.41) is 3.82. The number of aryl methyl sites for hydroxylation is 2. The molecule has 0 bridgehead atoms. The topological polar surface area (TPSA) is 48.2 Å². The third-order valence-corrected chi connectivity index (χ3v) is 2.51. The molecule has 0 N–H and O–H groups in total. The smallest absolute Gasteiger partial charge is 0.226 e. The summed E-state index contributed by atoms with van der Waals surface area (Å²) in [4.78, 5) is 4.17. The van der Waals surface area contributed by atoms with Gasteiger partial charge in [0.2, 0.25) is 11.7 Å². The van der Waals surface area contributed by atoms with Crippen LogP contribution in [-0.2, 0) is 19.4 Å². The van der Waals surface area contributed by atoms with E-state index >= 15 is 0 Å². The lowest BCUT2D eigenvalue weighted by atomic mass is 10.2. The minimum absolute atomic E-state index is 0.342. The number of ether oxygens (including phenoxy) is 1. The molecule has 2 aromatic rings. The number of benzene rings is 1. The molecule has 0 saturated heterocycles. The van der Waals surface area contributed by atoms with Crippen LogP contribution in [0.25, 0.3) is 0 Å². The van der Waals surface area contributed by atoms with Crippen molar-refractivity contribution in [3.05, 3.63) is 41.5 Å². The summed E-state index contributed by atoms with van der Waals surface area (Å²) in [5.41, 5.74) is 1.30. The molecule has 0 aliphatic carbocycles. The molecular weight excluding hydrogens is 216 g/mol. The van der Waals surface area contributed by atoms with Crippen LogP contribution < -0.4 is 4.74 Å².